The number of rotatable bonds is 6. The van der Waals surface area contributed by atoms with Crippen molar-refractivity contribution >= 4 is 47.6 Å². The summed E-state index contributed by atoms with van der Waals surface area (Å²) >= 11 is 6.70. The third kappa shape index (κ3) is 4.57. The summed E-state index contributed by atoms with van der Waals surface area (Å²) in [4.78, 5) is 0.266. The molecule has 0 aliphatic heterocycles. The molecule has 0 fully saturated rings. The van der Waals surface area contributed by atoms with E-state index in [0.717, 1.165) is 29.3 Å². The molecule has 3 nitrogen and oxygen atoms in total. The molecule has 2 rings (SSSR count). The number of hydrogen-bond acceptors (Lipinski definition) is 2. The fourth-order valence-electron chi connectivity index (χ4n) is 1.99. The molecule has 1 N–H and O–H groups in total. The van der Waals surface area contributed by atoms with E-state index in [1.807, 2.05) is 12.1 Å². The van der Waals surface area contributed by atoms with E-state index in [-0.39, 0.29) is 4.90 Å². The second-order valence-corrected chi connectivity index (χ2v) is 8.43. The Balaban J connectivity index is 2.19. The Bertz CT molecular complexity index is 743. The first-order valence-electron chi connectivity index (χ1n) is 6.99. The normalized spacial score (nSPS) is 11.4. The molecule has 0 spiro atoms. The average molecular weight is 447 g/mol. The van der Waals surface area contributed by atoms with Gasteiger partial charge in [-0.1, -0.05) is 41.4 Å². The number of hydrogen-bond donors (Lipinski definition) is 1. The zero-order valence-corrected chi connectivity index (χ0v) is 16.1. The molecule has 0 atom stereocenters. The lowest BCUT2D eigenvalue weighted by Crippen LogP contribution is -2.13. The highest BCUT2D eigenvalue weighted by Gasteiger charge is 2.15. The Morgan fingerprint density at radius 3 is 2.32 bits per heavy atom. The summed E-state index contributed by atoms with van der Waals surface area (Å²) in [5, 5.41) is 0. The summed E-state index contributed by atoms with van der Waals surface area (Å²) in [5.74, 6) is 0. The Kier molecular flexibility index (Phi) is 6.06. The van der Waals surface area contributed by atoms with Crippen molar-refractivity contribution in [1.82, 2.24) is 0 Å². The number of sulfonamides is 1. The van der Waals surface area contributed by atoms with E-state index >= 15 is 0 Å². The Morgan fingerprint density at radius 1 is 1.05 bits per heavy atom. The van der Waals surface area contributed by atoms with Gasteiger partial charge in [-0.25, -0.2) is 8.42 Å². The third-order valence-corrected chi connectivity index (χ3v) is 5.76. The number of halogens is 2. The Hall–Kier alpha value is -0.850. The van der Waals surface area contributed by atoms with Gasteiger partial charge in [-0.2, -0.15) is 0 Å². The standard InChI is InChI=1S/C16H17Br2NO2S/c1-2-3-4-12-5-8-14(9-6-12)22(20,21)19-16-10-7-13(17)11-15(16)18/h5-11,19H,2-4H2,1H3. The van der Waals surface area contributed by atoms with Crippen molar-refractivity contribution < 1.29 is 8.42 Å². The zero-order valence-electron chi connectivity index (χ0n) is 12.1. The molecule has 22 heavy (non-hydrogen) atoms. The topological polar surface area (TPSA) is 46.2 Å². The SMILES string of the molecule is CCCCc1ccc(S(=O)(=O)Nc2ccc(Br)cc2Br)cc1. The van der Waals surface area contributed by atoms with Crippen LogP contribution in [0.15, 0.2) is 56.3 Å². The van der Waals surface area contributed by atoms with Gasteiger partial charge in [-0.3, -0.25) is 4.72 Å². The van der Waals surface area contributed by atoms with Crippen LogP contribution in [0, 0.1) is 0 Å². The smallest absolute Gasteiger partial charge is 0.261 e. The van der Waals surface area contributed by atoms with Crippen LogP contribution in [0.2, 0.25) is 0 Å². The van der Waals surface area contributed by atoms with Crippen LogP contribution in [0.3, 0.4) is 0 Å². The summed E-state index contributed by atoms with van der Waals surface area (Å²) in [6.45, 7) is 2.14. The lowest BCUT2D eigenvalue weighted by molar-refractivity contribution is 0.601. The van der Waals surface area contributed by atoms with Crippen LogP contribution in [-0.4, -0.2) is 8.42 Å². The lowest BCUT2D eigenvalue weighted by atomic mass is 10.1. The molecule has 0 unspecified atom stereocenters. The minimum Gasteiger partial charge on any atom is -0.278 e. The Morgan fingerprint density at radius 2 is 1.73 bits per heavy atom. The molecule has 0 radical (unpaired) electrons. The van der Waals surface area contributed by atoms with Crippen molar-refractivity contribution in [2.24, 2.45) is 0 Å². The summed E-state index contributed by atoms with van der Waals surface area (Å²) in [7, 11) is -3.58. The molecule has 2 aromatic carbocycles. The van der Waals surface area contributed by atoms with Gasteiger partial charge in [0.15, 0.2) is 0 Å². The molecule has 0 heterocycles. The van der Waals surface area contributed by atoms with E-state index in [0.29, 0.717) is 10.2 Å². The Labute approximate surface area is 148 Å². The van der Waals surface area contributed by atoms with Gasteiger partial charge in [0.2, 0.25) is 0 Å². The van der Waals surface area contributed by atoms with Crippen LogP contribution >= 0.6 is 31.9 Å². The number of anilines is 1. The van der Waals surface area contributed by atoms with Gasteiger partial charge in [-0.15, -0.1) is 0 Å². The number of unbranched alkanes of at least 4 members (excludes halogenated alkanes) is 1. The molecule has 0 saturated carbocycles. The minimum absolute atomic E-state index is 0.266. The predicted molar refractivity (Wildman–Crippen MR) is 97.7 cm³/mol. The molecule has 2 aromatic rings. The van der Waals surface area contributed by atoms with E-state index in [2.05, 4.69) is 43.5 Å². The quantitative estimate of drug-likeness (QED) is 0.649. The van der Waals surface area contributed by atoms with Crippen molar-refractivity contribution in [2.75, 3.05) is 4.72 Å². The first kappa shape index (κ1) is 17.5. The lowest BCUT2D eigenvalue weighted by Gasteiger charge is -2.10. The van der Waals surface area contributed by atoms with Gasteiger partial charge in [0.1, 0.15) is 0 Å². The molecule has 0 aliphatic rings. The zero-order chi connectivity index (χ0) is 16.2. The maximum absolute atomic E-state index is 12.4. The minimum atomic E-state index is -3.58. The second kappa shape index (κ2) is 7.62. The maximum atomic E-state index is 12.4. The largest absolute Gasteiger partial charge is 0.278 e. The molecule has 0 aromatic heterocycles. The number of nitrogens with one attached hydrogen (secondary N) is 1. The van der Waals surface area contributed by atoms with E-state index in [4.69, 9.17) is 0 Å². The van der Waals surface area contributed by atoms with E-state index in [1.54, 1.807) is 30.3 Å². The maximum Gasteiger partial charge on any atom is 0.261 e. The van der Waals surface area contributed by atoms with Crippen LogP contribution in [0.5, 0.6) is 0 Å². The van der Waals surface area contributed by atoms with Crippen LogP contribution in [0.1, 0.15) is 25.3 Å². The van der Waals surface area contributed by atoms with Crippen molar-refractivity contribution in [2.45, 2.75) is 31.1 Å². The van der Waals surface area contributed by atoms with Crippen molar-refractivity contribution in [3.8, 4) is 0 Å². The van der Waals surface area contributed by atoms with Gasteiger partial charge in [0.25, 0.3) is 10.0 Å². The van der Waals surface area contributed by atoms with Crippen molar-refractivity contribution in [1.29, 1.82) is 0 Å². The highest BCUT2D eigenvalue weighted by atomic mass is 79.9. The molecule has 0 saturated heterocycles. The van der Waals surface area contributed by atoms with Crippen LogP contribution in [0.25, 0.3) is 0 Å². The van der Waals surface area contributed by atoms with Crippen LogP contribution < -0.4 is 4.72 Å². The number of benzene rings is 2. The first-order valence-corrected chi connectivity index (χ1v) is 10.1. The summed E-state index contributed by atoms with van der Waals surface area (Å²) < 4.78 is 29.0. The number of aryl methyl sites for hydroxylation is 1. The van der Waals surface area contributed by atoms with Crippen LogP contribution in [-0.2, 0) is 16.4 Å². The highest BCUT2D eigenvalue weighted by molar-refractivity contribution is 9.11. The molecular weight excluding hydrogens is 430 g/mol. The van der Waals surface area contributed by atoms with Crippen LogP contribution in [0.4, 0.5) is 5.69 Å². The average Bonchev–Trinajstić information content (AvgIpc) is 2.48. The van der Waals surface area contributed by atoms with Crippen molar-refractivity contribution in [3.63, 3.8) is 0 Å². The second-order valence-electron chi connectivity index (χ2n) is 4.98. The van der Waals surface area contributed by atoms with Crippen molar-refractivity contribution in [3.05, 3.63) is 57.0 Å². The van der Waals surface area contributed by atoms with Gasteiger partial charge in [0.05, 0.1) is 10.6 Å². The fraction of sp³-hybridized carbons (Fsp3) is 0.250. The molecule has 0 amide bonds. The van der Waals surface area contributed by atoms with E-state index < -0.39 is 10.0 Å². The summed E-state index contributed by atoms with van der Waals surface area (Å²) in [6.07, 6.45) is 3.21. The summed E-state index contributed by atoms with van der Waals surface area (Å²) in [6, 6.07) is 12.4. The van der Waals surface area contributed by atoms with Gasteiger partial charge >= 0.3 is 0 Å². The monoisotopic (exact) mass is 445 g/mol. The highest BCUT2D eigenvalue weighted by Crippen LogP contribution is 2.28. The van der Waals surface area contributed by atoms with E-state index in [9.17, 15) is 8.42 Å². The summed E-state index contributed by atoms with van der Waals surface area (Å²) in [5.41, 5.74) is 1.67. The third-order valence-electron chi connectivity index (χ3n) is 3.23. The molecule has 0 aliphatic carbocycles. The molecule has 0 bridgehead atoms. The van der Waals surface area contributed by atoms with E-state index in [1.165, 1.54) is 0 Å². The molecule has 118 valence electrons. The first-order chi connectivity index (χ1) is 10.4. The van der Waals surface area contributed by atoms with Gasteiger partial charge < -0.3 is 0 Å². The molecule has 6 heteroatoms. The molecular formula is C16H17Br2NO2S. The fourth-order valence-corrected chi connectivity index (χ4v) is 4.35. The predicted octanol–water partition coefficient (Wildman–Crippen LogP) is 5.36. The van der Waals surface area contributed by atoms with Gasteiger partial charge in [0, 0.05) is 8.95 Å². The van der Waals surface area contributed by atoms with Gasteiger partial charge in [-0.05, 0) is 64.7 Å².